The van der Waals surface area contributed by atoms with E-state index in [1.165, 1.54) is 50.6 Å². The summed E-state index contributed by atoms with van der Waals surface area (Å²) in [5.74, 6) is 0.168. The normalized spacial score (nSPS) is 12.4. The van der Waals surface area contributed by atoms with Crippen molar-refractivity contribution in [3.8, 4) is 11.5 Å². The summed E-state index contributed by atoms with van der Waals surface area (Å²) in [6.45, 7) is 1.22. The van der Waals surface area contributed by atoms with Crippen LogP contribution >= 0.6 is 0 Å². The highest BCUT2D eigenvalue weighted by Gasteiger charge is 2.28. The Balaban J connectivity index is 1.91. The van der Waals surface area contributed by atoms with Crippen LogP contribution in [0.3, 0.4) is 0 Å². The van der Waals surface area contributed by atoms with Gasteiger partial charge in [-0.1, -0.05) is 30.3 Å². The number of nitrogens with zero attached hydrogens (tertiary/aromatic N) is 1. The van der Waals surface area contributed by atoms with Crippen molar-refractivity contribution in [3.63, 3.8) is 0 Å². The van der Waals surface area contributed by atoms with Gasteiger partial charge in [0.1, 0.15) is 6.54 Å². The Hall–Kier alpha value is -3.57. The van der Waals surface area contributed by atoms with E-state index in [0.29, 0.717) is 17.1 Å². The summed E-state index contributed by atoms with van der Waals surface area (Å²) in [4.78, 5) is 13.2. The van der Waals surface area contributed by atoms with Gasteiger partial charge in [-0.3, -0.25) is 9.10 Å². The zero-order valence-electron chi connectivity index (χ0n) is 20.3. The maximum Gasteiger partial charge on any atom is 0.264 e. The Bertz CT molecular complexity index is 1420. The summed E-state index contributed by atoms with van der Waals surface area (Å²) >= 11 is 0. The minimum atomic E-state index is -4.11. The van der Waals surface area contributed by atoms with E-state index >= 15 is 0 Å². The average Bonchev–Trinajstić information content (AvgIpc) is 2.86. The molecule has 3 aromatic rings. The van der Waals surface area contributed by atoms with Crippen LogP contribution in [-0.4, -0.2) is 49.8 Å². The molecule has 0 bridgehead atoms. The number of amides is 1. The van der Waals surface area contributed by atoms with Crippen molar-refractivity contribution in [3.05, 3.63) is 78.4 Å². The topological polar surface area (TPSA) is 119 Å². The van der Waals surface area contributed by atoms with E-state index < -0.39 is 38.4 Å². The van der Waals surface area contributed by atoms with E-state index in [1.54, 1.807) is 43.3 Å². The highest BCUT2D eigenvalue weighted by atomic mass is 32.2. The molecular weight excluding hydrogens is 504 g/mol. The van der Waals surface area contributed by atoms with Crippen molar-refractivity contribution in [1.82, 2.24) is 5.32 Å². The van der Waals surface area contributed by atoms with E-state index in [1.807, 2.05) is 0 Å². The Labute approximate surface area is 211 Å². The SMILES string of the molecule is COc1ccc(N(CC(=O)N[C@@H](C)c2ccc(S(C)(=O)=O)cc2)S(=O)(=O)c2ccccc2)cc1OC. The van der Waals surface area contributed by atoms with Crippen molar-refractivity contribution >= 4 is 31.5 Å². The number of carbonyl (C=O) groups is 1. The van der Waals surface area contributed by atoms with Gasteiger partial charge in [0.2, 0.25) is 5.91 Å². The summed E-state index contributed by atoms with van der Waals surface area (Å²) in [5.41, 5.74) is 0.885. The first kappa shape index (κ1) is 27.0. The molecule has 1 N–H and O–H groups in total. The van der Waals surface area contributed by atoms with Gasteiger partial charge in [0.05, 0.1) is 35.7 Å². The molecule has 0 aromatic heterocycles. The van der Waals surface area contributed by atoms with Crippen LogP contribution < -0.4 is 19.1 Å². The minimum Gasteiger partial charge on any atom is -0.493 e. The van der Waals surface area contributed by atoms with Crippen molar-refractivity contribution < 1.29 is 31.1 Å². The van der Waals surface area contributed by atoms with E-state index in [2.05, 4.69) is 5.32 Å². The van der Waals surface area contributed by atoms with Gasteiger partial charge in [0, 0.05) is 12.3 Å². The molecule has 3 rings (SSSR count). The first-order chi connectivity index (χ1) is 17.0. The summed E-state index contributed by atoms with van der Waals surface area (Å²) in [7, 11) is -4.56. The maximum absolute atomic E-state index is 13.5. The van der Waals surface area contributed by atoms with Gasteiger partial charge in [-0.15, -0.1) is 0 Å². The van der Waals surface area contributed by atoms with Gasteiger partial charge >= 0.3 is 0 Å². The number of anilines is 1. The fourth-order valence-electron chi connectivity index (χ4n) is 3.52. The Morgan fingerprint density at radius 1 is 0.861 bits per heavy atom. The van der Waals surface area contributed by atoms with E-state index in [-0.39, 0.29) is 15.5 Å². The van der Waals surface area contributed by atoms with Crippen LogP contribution in [0.5, 0.6) is 11.5 Å². The molecule has 0 aliphatic rings. The number of hydrogen-bond donors (Lipinski definition) is 1. The van der Waals surface area contributed by atoms with Crippen molar-refractivity contribution in [1.29, 1.82) is 0 Å². The number of carbonyl (C=O) groups excluding carboxylic acids is 1. The van der Waals surface area contributed by atoms with Crippen LogP contribution in [0, 0.1) is 0 Å². The van der Waals surface area contributed by atoms with Gasteiger partial charge < -0.3 is 14.8 Å². The molecule has 1 amide bonds. The molecule has 0 aliphatic heterocycles. The lowest BCUT2D eigenvalue weighted by atomic mass is 10.1. The van der Waals surface area contributed by atoms with Crippen LogP contribution in [0.2, 0.25) is 0 Å². The molecule has 11 heteroatoms. The maximum atomic E-state index is 13.5. The van der Waals surface area contributed by atoms with Crippen molar-refractivity contribution in [2.75, 3.05) is 31.3 Å². The third-order valence-corrected chi connectivity index (χ3v) is 8.38. The number of benzene rings is 3. The molecule has 0 saturated heterocycles. The summed E-state index contributed by atoms with van der Waals surface area (Å²) in [6, 6.07) is 18.0. The molecule has 0 fully saturated rings. The number of rotatable bonds is 10. The predicted molar refractivity (Wildman–Crippen MR) is 137 cm³/mol. The molecule has 0 saturated carbocycles. The molecule has 0 radical (unpaired) electrons. The Morgan fingerprint density at radius 2 is 1.47 bits per heavy atom. The first-order valence-corrected chi connectivity index (χ1v) is 14.2. The third kappa shape index (κ3) is 6.16. The highest BCUT2D eigenvalue weighted by molar-refractivity contribution is 7.93. The molecule has 36 heavy (non-hydrogen) atoms. The number of methoxy groups -OCH3 is 2. The summed E-state index contributed by atoms with van der Waals surface area (Å²) < 4.78 is 62.0. The van der Waals surface area contributed by atoms with Gasteiger partial charge in [0.25, 0.3) is 10.0 Å². The minimum absolute atomic E-state index is 0.0250. The lowest BCUT2D eigenvalue weighted by molar-refractivity contribution is -0.120. The molecule has 0 unspecified atom stereocenters. The highest BCUT2D eigenvalue weighted by Crippen LogP contribution is 2.33. The lowest BCUT2D eigenvalue weighted by Gasteiger charge is -2.26. The fourth-order valence-corrected chi connectivity index (χ4v) is 5.58. The number of hydrogen-bond acceptors (Lipinski definition) is 7. The Morgan fingerprint density at radius 3 is 2.03 bits per heavy atom. The smallest absolute Gasteiger partial charge is 0.264 e. The zero-order valence-corrected chi connectivity index (χ0v) is 22.0. The van der Waals surface area contributed by atoms with Gasteiger partial charge in [0.15, 0.2) is 21.3 Å². The standard InChI is InChI=1S/C25H28N2O7S2/c1-18(19-10-13-21(14-11-19)35(4,29)30)26-25(28)17-27(36(31,32)22-8-6-5-7-9-22)20-12-15-23(33-2)24(16-20)34-3/h5-16,18H,17H2,1-4H3,(H,26,28)/t18-/m0/s1. The number of ether oxygens (including phenoxy) is 2. The van der Waals surface area contributed by atoms with Crippen molar-refractivity contribution in [2.45, 2.75) is 22.8 Å². The number of sulfonamides is 1. The van der Waals surface area contributed by atoms with E-state index in [0.717, 1.165) is 10.6 Å². The number of sulfone groups is 1. The second kappa shape index (κ2) is 11.0. The van der Waals surface area contributed by atoms with Gasteiger partial charge in [-0.05, 0) is 48.9 Å². The monoisotopic (exact) mass is 532 g/mol. The van der Waals surface area contributed by atoms with Crippen LogP contribution in [-0.2, 0) is 24.7 Å². The van der Waals surface area contributed by atoms with E-state index in [4.69, 9.17) is 9.47 Å². The first-order valence-electron chi connectivity index (χ1n) is 10.9. The summed E-state index contributed by atoms with van der Waals surface area (Å²) in [6.07, 6.45) is 1.11. The van der Waals surface area contributed by atoms with Gasteiger partial charge in [-0.2, -0.15) is 0 Å². The molecule has 0 aliphatic carbocycles. The zero-order chi connectivity index (χ0) is 26.5. The molecule has 192 valence electrons. The lowest BCUT2D eigenvalue weighted by Crippen LogP contribution is -2.41. The van der Waals surface area contributed by atoms with Crippen LogP contribution in [0.25, 0.3) is 0 Å². The summed E-state index contributed by atoms with van der Waals surface area (Å²) in [5, 5.41) is 2.78. The largest absolute Gasteiger partial charge is 0.493 e. The number of nitrogens with one attached hydrogen (secondary N) is 1. The molecule has 0 spiro atoms. The van der Waals surface area contributed by atoms with Crippen LogP contribution in [0.1, 0.15) is 18.5 Å². The quantitative estimate of drug-likeness (QED) is 0.426. The average molecular weight is 533 g/mol. The second-order valence-electron chi connectivity index (χ2n) is 7.99. The molecule has 1 atom stereocenters. The van der Waals surface area contributed by atoms with Gasteiger partial charge in [-0.25, -0.2) is 16.8 Å². The van der Waals surface area contributed by atoms with E-state index in [9.17, 15) is 21.6 Å². The molecule has 0 heterocycles. The Kier molecular flexibility index (Phi) is 8.26. The molecular formula is C25H28N2O7S2. The molecule has 9 nitrogen and oxygen atoms in total. The van der Waals surface area contributed by atoms with Crippen molar-refractivity contribution in [2.24, 2.45) is 0 Å². The van der Waals surface area contributed by atoms with Crippen LogP contribution in [0.4, 0.5) is 5.69 Å². The predicted octanol–water partition coefficient (Wildman–Crippen LogP) is 3.18. The van der Waals surface area contributed by atoms with Crippen LogP contribution in [0.15, 0.2) is 82.6 Å². The molecule has 3 aromatic carbocycles. The second-order valence-corrected chi connectivity index (χ2v) is 11.9. The fraction of sp³-hybridized carbons (Fsp3) is 0.240. The third-order valence-electron chi connectivity index (χ3n) is 5.46.